The second kappa shape index (κ2) is 5.61. The Morgan fingerprint density at radius 3 is 2.35 bits per heavy atom. The highest BCUT2D eigenvalue weighted by molar-refractivity contribution is 5.24. The number of hydrogen-bond acceptors (Lipinski definition) is 2. The first kappa shape index (κ1) is 12.5. The fraction of sp³-hybridized carbons (Fsp3) is 0.571. The monoisotopic (exact) mass is 236 g/mol. The number of nitrogens with zero attached hydrogens (tertiary/aromatic N) is 2. The van der Waals surface area contributed by atoms with E-state index in [-0.39, 0.29) is 5.82 Å². The molecule has 1 aromatic rings. The van der Waals surface area contributed by atoms with Gasteiger partial charge in [-0.25, -0.2) is 4.39 Å². The zero-order chi connectivity index (χ0) is 12.3. The predicted octanol–water partition coefficient (Wildman–Crippen LogP) is 2.14. The van der Waals surface area contributed by atoms with Crippen LogP contribution in [0.3, 0.4) is 0 Å². The minimum atomic E-state index is -0.103. The SMILES string of the molecule is CCc1cc(F)cc(CN2CCN(C)CC2)c1. The summed E-state index contributed by atoms with van der Waals surface area (Å²) in [4.78, 5) is 4.73. The zero-order valence-electron chi connectivity index (χ0n) is 10.7. The molecule has 0 aromatic heterocycles. The molecule has 0 N–H and O–H groups in total. The van der Waals surface area contributed by atoms with Gasteiger partial charge in [-0.3, -0.25) is 4.90 Å². The molecule has 0 atom stereocenters. The van der Waals surface area contributed by atoms with Crippen LogP contribution < -0.4 is 0 Å². The molecular weight excluding hydrogens is 215 g/mol. The molecule has 0 spiro atoms. The van der Waals surface area contributed by atoms with Gasteiger partial charge in [-0.2, -0.15) is 0 Å². The van der Waals surface area contributed by atoms with E-state index in [2.05, 4.69) is 29.8 Å². The van der Waals surface area contributed by atoms with E-state index in [4.69, 9.17) is 0 Å². The average molecular weight is 236 g/mol. The van der Waals surface area contributed by atoms with Crippen molar-refractivity contribution < 1.29 is 4.39 Å². The second-order valence-electron chi connectivity index (χ2n) is 4.90. The van der Waals surface area contributed by atoms with Gasteiger partial charge < -0.3 is 4.90 Å². The molecule has 0 aliphatic carbocycles. The van der Waals surface area contributed by atoms with E-state index in [0.29, 0.717) is 0 Å². The van der Waals surface area contributed by atoms with Crippen LogP contribution in [-0.4, -0.2) is 43.0 Å². The Bertz CT molecular complexity index is 370. The van der Waals surface area contributed by atoms with Crippen LogP contribution in [0.15, 0.2) is 18.2 Å². The number of aryl methyl sites for hydroxylation is 1. The van der Waals surface area contributed by atoms with E-state index in [1.807, 2.05) is 0 Å². The van der Waals surface area contributed by atoms with Gasteiger partial charge in [0, 0.05) is 32.7 Å². The molecule has 2 rings (SSSR count). The minimum absolute atomic E-state index is 0.103. The standard InChI is InChI=1S/C14H21FN2/c1-3-12-8-13(10-14(15)9-12)11-17-6-4-16(2)5-7-17/h8-10H,3-7,11H2,1-2H3. The lowest BCUT2D eigenvalue weighted by atomic mass is 10.1. The fourth-order valence-electron chi connectivity index (χ4n) is 2.28. The lowest BCUT2D eigenvalue weighted by Crippen LogP contribution is -2.43. The molecule has 17 heavy (non-hydrogen) atoms. The van der Waals surface area contributed by atoms with Crippen LogP contribution in [0.1, 0.15) is 18.1 Å². The summed E-state index contributed by atoms with van der Waals surface area (Å²) < 4.78 is 13.4. The lowest BCUT2D eigenvalue weighted by molar-refractivity contribution is 0.148. The highest BCUT2D eigenvalue weighted by atomic mass is 19.1. The second-order valence-corrected chi connectivity index (χ2v) is 4.90. The molecule has 94 valence electrons. The maximum absolute atomic E-state index is 13.4. The van der Waals surface area contributed by atoms with Crippen LogP contribution in [0.4, 0.5) is 4.39 Å². The third-order valence-corrected chi connectivity index (χ3v) is 3.43. The summed E-state index contributed by atoms with van der Waals surface area (Å²) in [6.07, 6.45) is 0.896. The van der Waals surface area contributed by atoms with Gasteiger partial charge in [0.25, 0.3) is 0 Å². The van der Waals surface area contributed by atoms with E-state index in [1.54, 1.807) is 12.1 Å². The third kappa shape index (κ3) is 3.51. The van der Waals surface area contributed by atoms with Gasteiger partial charge in [0.05, 0.1) is 0 Å². The Morgan fingerprint density at radius 2 is 1.71 bits per heavy atom. The molecule has 3 heteroatoms. The Balaban J connectivity index is 2.00. The summed E-state index contributed by atoms with van der Waals surface area (Å²) in [6.45, 7) is 7.31. The van der Waals surface area contributed by atoms with Crippen molar-refractivity contribution in [2.75, 3.05) is 33.2 Å². The van der Waals surface area contributed by atoms with Gasteiger partial charge in [-0.05, 0) is 36.7 Å². The first-order chi connectivity index (χ1) is 8.17. The highest BCUT2D eigenvalue weighted by Gasteiger charge is 2.14. The third-order valence-electron chi connectivity index (χ3n) is 3.43. The van der Waals surface area contributed by atoms with Crippen LogP contribution in [0, 0.1) is 5.82 Å². The Morgan fingerprint density at radius 1 is 1.06 bits per heavy atom. The van der Waals surface area contributed by atoms with E-state index in [1.165, 1.54) is 0 Å². The van der Waals surface area contributed by atoms with Gasteiger partial charge in [-0.15, -0.1) is 0 Å². The Labute approximate surface area is 103 Å². The molecule has 1 aliphatic rings. The Kier molecular flexibility index (Phi) is 4.13. The van der Waals surface area contributed by atoms with Gasteiger partial charge in [0.2, 0.25) is 0 Å². The molecule has 1 heterocycles. The van der Waals surface area contributed by atoms with Gasteiger partial charge in [0.1, 0.15) is 5.82 Å². The number of benzene rings is 1. The molecule has 2 nitrogen and oxygen atoms in total. The first-order valence-electron chi connectivity index (χ1n) is 6.36. The first-order valence-corrected chi connectivity index (χ1v) is 6.36. The molecule has 0 radical (unpaired) electrons. The number of halogens is 1. The molecule has 1 saturated heterocycles. The van der Waals surface area contributed by atoms with Crippen molar-refractivity contribution in [2.45, 2.75) is 19.9 Å². The fourth-order valence-corrected chi connectivity index (χ4v) is 2.28. The van der Waals surface area contributed by atoms with E-state index < -0.39 is 0 Å². The summed E-state index contributed by atoms with van der Waals surface area (Å²) in [5.41, 5.74) is 2.19. The van der Waals surface area contributed by atoms with Crippen LogP contribution in [0.25, 0.3) is 0 Å². The number of hydrogen-bond donors (Lipinski definition) is 0. The average Bonchev–Trinajstić information content (AvgIpc) is 2.31. The van der Waals surface area contributed by atoms with Crippen LogP contribution in [0.5, 0.6) is 0 Å². The number of piperazine rings is 1. The summed E-state index contributed by atoms with van der Waals surface area (Å²) in [7, 11) is 2.15. The minimum Gasteiger partial charge on any atom is -0.304 e. The smallest absolute Gasteiger partial charge is 0.123 e. The molecule has 0 bridgehead atoms. The highest BCUT2D eigenvalue weighted by Crippen LogP contribution is 2.13. The van der Waals surface area contributed by atoms with Crippen LogP contribution in [-0.2, 0) is 13.0 Å². The van der Waals surface area contributed by atoms with E-state index in [9.17, 15) is 4.39 Å². The predicted molar refractivity (Wildman–Crippen MR) is 68.6 cm³/mol. The maximum atomic E-state index is 13.4. The number of rotatable bonds is 3. The van der Waals surface area contributed by atoms with Gasteiger partial charge >= 0.3 is 0 Å². The molecule has 1 aromatic carbocycles. The molecule has 1 aliphatic heterocycles. The molecule has 0 amide bonds. The van der Waals surface area contributed by atoms with Crippen molar-refractivity contribution in [1.29, 1.82) is 0 Å². The summed E-state index contributed by atoms with van der Waals surface area (Å²) in [5.74, 6) is -0.103. The normalized spacial score (nSPS) is 18.5. The topological polar surface area (TPSA) is 6.48 Å². The maximum Gasteiger partial charge on any atom is 0.123 e. The van der Waals surface area contributed by atoms with E-state index >= 15 is 0 Å². The lowest BCUT2D eigenvalue weighted by Gasteiger charge is -2.32. The van der Waals surface area contributed by atoms with Crippen molar-refractivity contribution in [2.24, 2.45) is 0 Å². The summed E-state index contributed by atoms with van der Waals surface area (Å²) >= 11 is 0. The summed E-state index contributed by atoms with van der Waals surface area (Å²) in [5, 5.41) is 0. The summed E-state index contributed by atoms with van der Waals surface area (Å²) in [6, 6.07) is 5.42. The van der Waals surface area contributed by atoms with Gasteiger partial charge in [0.15, 0.2) is 0 Å². The van der Waals surface area contributed by atoms with E-state index in [0.717, 1.165) is 50.3 Å². The van der Waals surface area contributed by atoms with Crippen molar-refractivity contribution >= 4 is 0 Å². The molecule has 0 saturated carbocycles. The van der Waals surface area contributed by atoms with Crippen molar-refractivity contribution in [1.82, 2.24) is 9.80 Å². The largest absolute Gasteiger partial charge is 0.304 e. The molecular formula is C14H21FN2. The van der Waals surface area contributed by atoms with Gasteiger partial charge in [-0.1, -0.05) is 13.0 Å². The number of likely N-dealkylation sites (N-methyl/N-ethyl adjacent to an activating group) is 1. The quantitative estimate of drug-likeness (QED) is 0.793. The van der Waals surface area contributed by atoms with Crippen molar-refractivity contribution in [3.8, 4) is 0 Å². The Hall–Kier alpha value is -0.930. The van der Waals surface area contributed by atoms with Crippen LogP contribution in [0.2, 0.25) is 0 Å². The zero-order valence-corrected chi connectivity index (χ0v) is 10.7. The molecule has 1 fully saturated rings. The van der Waals surface area contributed by atoms with Crippen molar-refractivity contribution in [3.05, 3.63) is 35.1 Å². The van der Waals surface area contributed by atoms with Crippen molar-refractivity contribution in [3.63, 3.8) is 0 Å². The molecule has 0 unspecified atom stereocenters. The van der Waals surface area contributed by atoms with Crippen LogP contribution >= 0.6 is 0 Å².